The van der Waals surface area contributed by atoms with Gasteiger partial charge in [-0.25, -0.2) is 4.98 Å². The van der Waals surface area contributed by atoms with Crippen LogP contribution in [0.3, 0.4) is 0 Å². The summed E-state index contributed by atoms with van der Waals surface area (Å²) in [4.78, 5) is 5.35. The van der Waals surface area contributed by atoms with Crippen LogP contribution in [0.25, 0.3) is 103 Å². The van der Waals surface area contributed by atoms with Crippen molar-refractivity contribution in [2.24, 2.45) is 0 Å². The number of nitrogens with zero attached hydrogens (tertiary/aromatic N) is 2. The Morgan fingerprint density at radius 1 is 0.520 bits per heavy atom. The SMILES string of the molecule is [B]c1cccc2oc3ccc(-c4ccc5c6ccccc6n(-c6cc(-c7cccc8c7sc7ccccc78)c7ccccc7n6)c5c4)cc3c12. The molecule has 11 aromatic rings. The van der Waals surface area contributed by atoms with E-state index in [0.717, 1.165) is 66.3 Å². The minimum atomic E-state index is 0.721. The number of hydrogen-bond donors (Lipinski definition) is 0. The summed E-state index contributed by atoms with van der Waals surface area (Å²) in [6.07, 6.45) is 0. The predicted octanol–water partition coefficient (Wildman–Crippen LogP) is 11.7. The third-order valence-electron chi connectivity index (χ3n) is 10.2. The van der Waals surface area contributed by atoms with Crippen LogP contribution >= 0.6 is 11.3 Å². The molecule has 5 heteroatoms. The van der Waals surface area contributed by atoms with Crippen molar-refractivity contribution in [2.75, 3.05) is 0 Å². The Hall–Kier alpha value is -6.17. The Kier molecular flexibility index (Phi) is 5.78. The topological polar surface area (TPSA) is 31.0 Å². The number of furan rings is 1. The third kappa shape index (κ3) is 3.95. The third-order valence-corrected chi connectivity index (χ3v) is 11.4. The van der Waals surface area contributed by atoms with Crippen LogP contribution in [0.4, 0.5) is 0 Å². The van der Waals surface area contributed by atoms with Crippen LogP contribution < -0.4 is 5.46 Å². The Morgan fingerprint density at radius 3 is 2.20 bits per heavy atom. The summed E-state index contributed by atoms with van der Waals surface area (Å²) < 4.78 is 11.1. The average Bonchev–Trinajstić information content (AvgIpc) is 3.84. The first-order chi connectivity index (χ1) is 24.7. The number of aromatic nitrogens is 2. The highest BCUT2D eigenvalue weighted by molar-refractivity contribution is 7.26. The summed E-state index contributed by atoms with van der Waals surface area (Å²) in [7, 11) is 6.43. The Balaban J connectivity index is 1.18. The Bertz CT molecular complexity index is 3180. The van der Waals surface area contributed by atoms with Crippen LogP contribution in [0.2, 0.25) is 0 Å². The van der Waals surface area contributed by atoms with Gasteiger partial charge in [-0.15, -0.1) is 11.3 Å². The van der Waals surface area contributed by atoms with Gasteiger partial charge in [0.15, 0.2) is 0 Å². The van der Waals surface area contributed by atoms with Gasteiger partial charge in [0.25, 0.3) is 0 Å². The first-order valence-corrected chi connectivity index (χ1v) is 17.6. The van der Waals surface area contributed by atoms with Crippen LogP contribution in [0.1, 0.15) is 0 Å². The molecule has 0 amide bonds. The number of fused-ring (bicyclic) bond motifs is 10. The molecule has 0 atom stereocenters. The van der Waals surface area contributed by atoms with Crippen molar-refractivity contribution in [3.63, 3.8) is 0 Å². The zero-order chi connectivity index (χ0) is 32.9. The number of benzene rings is 7. The van der Waals surface area contributed by atoms with Crippen LogP contribution in [-0.4, -0.2) is 17.4 Å². The highest BCUT2D eigenvalue weighted by atomic mass is 32.1. The summed E-state index contributed by atoms with van der Waals surface area (Å²) in [6.45, 7) is 0. The molecule has 0 aliphatic rings. The van der Waals surface area contributed by atoms with Gasteiger partial charge in [-0.1, -0.05) is 109 Å². The highest BCUT2D eigenvalue weighted by Gasteiger charge is 2.19. The molecular formula is C45H25BN2OS. The summed E-state index contributed by atoms with van der Waals surface area (Å²) in [5.74, 6) is 0.893. The number of para-hydroxylation sites is 2. The average molecular weight is 653 g/mol. The van der Waals surface area contributed by atoms with Crippen molar-refractivity contribution in [1.82, 2.24) is 9.55 Å². The Labute approximate surface area is 292 Å². The van der Waals surface area contributed by atoms with Crippen LogP contribution in [0.5, 0.6) is 0 Å². The molecule has 0 aliphatic heterocycles. The number of thiophene rings is 1. The highest BCUT2D eigenvalue weighted by Crippen LogP contribution is 2.43. The van der Waals surface area contributed by atoms with E-state index in [-0.39, 0.29) is 0 Å². The molecule has 0 fully saturated rings. The smallest absolute Gasteiger partial charge is 0.138 e. The van der Waals surface area contributed by atoms with Gasteiger partial charge < -0.3 is 4.42 Å². The predicted molar refractivity (Wildman–Crippen MR) is 213 cm³/mol. The zero-order valence-electron chi connectivity index (χ0n) is 26.7. The van der Waals surface area contributed by atoms with Gasteiger partial charge in [-0.05, 0) is 65.2 Å². The monoisotopic (exact) mass is 652 g/mol. The van der Waals surface area contributed by atoms with E-state index in [1.54, 1.807) is 0 Å². The lowest BCUT2D eigenvalue weighted by molar-refractivity contribution is 0.669. The molecule has 3 nitrogen and oxygen atoms in total. The van der Waals surface area contributed by atoms with Crippen molar-refractivity contribution < 1.29 is 4.42 Å². The van der Waals surface area contributed by atoms with Gasteiger partial charge in [-0.3, -0.25) is 4.57 Å². The first-order valence-electron chi connectivity index (χ1n) is 16.7. The van der Waals surface area contributed by atoms with Crippen molar-refractivity contribution >= 4 is 99.5 Å². The molecule has 0 saturated carbocycles. The van der Waals surface area contributed by atoms with Gasteiger partial charge in [0.2, 0.25) is 0 Å². The van der Waals surface area contributed by atoms with E-state index in [2.05, 4.69) is 138 Å². The van der Waals surface area contributed by atoms with Crippen molar-refractivity contribution in [1.29, 1.82) is 0 Å². The normalized spacial score (nSPS) is 12.1. The molecule has 0 bridgehead atoms. The molecule has 7 aromatic carbocycles. The number of rotatable bonds is 3. The second-order valence-electron chi connectivity index (χ2n) is 12.9. The molecule has 0 spiro atoms. The van der Waals surface area contributed by atoms with E-state index in [1.165, 1.54) is 42.1 Å². The van der Waals surface area contributed by atoms with E-state index in [9.17, 15) is 0 Å². The molecule has 0 N–H and O–H groups in total. The molecule has 11 rings (SSSR count). The fourth-order valence-corrected chi connectivity index (χ4v) is 9.12. The summed E-state index contributed by atoms with van der Waals surface area (Å²) in [5.41, 5.74) is 10.2. The quantitative estimate of drug-likeness (QED) is 0.178. The number of hydrogen-bond acceptors (Lipinski definition) is 3. The van der Waals surface area contributed by atoms with E-state index in [1.807, 2.05) is 29.5 Å². The van der Waals surface area contributed by atoms with E-state index in [0.29, 0.717) is 0 Å². The largest absolute Gasteiger partial charge is 0.456 e. The molecule has 4 heterocycles. The maximum absolute atomic E-state index is 6.43. The van der Waals surface area contributed by atoms with Gasteiger partial charge >= 0.3 is 0 Å². The lowest BCUT2D eigenvalue weighted by Crippen LogP contribution is -2.01. The lowest BCUT2D eigenvalue weighted by atomic mass is 9.90. The van der Waals surface area contributed by atoms with E-state index < -0.39 is 0 Å². The minimum absolute atomic E-state index is 0.721. The molecule has 50 heavy (non-hydrogen) atoms. The summed E-state index contributed by atoms with van der Waals surface area (Å²) >= 11 is 1.86. The van der Waals surface area contributed by atoms with Gasteiger partial charge in [0.1, 0.15) is 24.8 Å². The number of pyridine rings is 1. The fraction of sp³-hybridized carbons (Fsp3) is 0. The second kappa shape index (κ2) is 10.4. The van der Waals surface area contributed by atoms with Gasteiger partial charge in [0.05, 0.1) is 16.6 Å². The standard InChI is InChI=1S/C45H25BN2OS/c46-36-14-8-17-41-44(36)35-23-26(20-22-40(35)49-41)27-19-21-30-29-10-2-5-16-38(29)48(39(30)24-27)43-25-34(28-9-1-4-15-37(28)47-43)33-13-7-12-32-31-11-3-6-18-42(31)50-45(32)33/h1-25H. The van der Waals surface area contributed by atoms with Crippen molar-refractivity contribution in [3.8, 4) is 28.1 Å². The maximum Gasteiger partial charge on any atom is 0.138 e. The molecule has 2 radical (unpaired) electrons. The van der Waals surface area contributed by atoms with Gasteiger partial charge in [-0.2, -0.15) is 0 Å². The molecule has 230 valence electrons. The lowest BCUT2D eigenvalue weighted by Gasteiger charge is -2.14. The second-order valence-corrected chi connectivity index (χ2v) is 14.0. The van der Waals surface area contributed by atoms with E-state index in [4.69, 9.17) is 17.2 Å². The van der Waals surface area contributed by atoms with Crippen LogP contribution in [-0.2, 0) is 0 Å². The van der Waals surface area contributed by atoms with Crippen LogP contribution in [0.15, 0.2) is 156 Å². The zero-order valence-corrected chi connectivity index (χ0v) is 27.5. The van der Waals surface area contributed by atoms with Crippen LogP contribution in [0, 0.1) is 0 Å². The summed E-state index contributed by atoms with van der Waals surface area (Å²) in [6, 6.07) is 53.8. The molecule has 4 aromatic heterocycles. The molecule has 0 aliphatic carbocycles. The first kappa shape index (κ1) is 27.8. The summed E-state index contributed by atoms with van der Waals surface area (Å²) in [5, 5.41) is 8.09. The molecule has 0 saturated heterocycles. The maximum atomic E-state index is 6.43. The van der Waals surface area contributed by atoms with Crippen molar-refractivity contribution in [3.05, 3.63) is 152 Å². The molecule has 0 unspecified atom stereocenters. The molecular weight excluding hydrogens is 627 g/mol. The van der Waals surface area contributed by atoms with E-state index >= 15 is 0 Å². The Morgan fingerprint density at radius 2 is 1.26 bits per heavy atom. The minimum Gasteiger partial charge on any atom is -0.456 e. The van der Waals surface area contributed by atoms with Crippen molar-refractivity contribution in [2.45, 2.75) is 0 Å². The fourth-order valence-electron chi connectivity index (χ4n) is 7.89. The van der Waals surface area contributed by atoms with Gasteiger partial charge in [0, 0.05) is 52.7 Å².